The zero-order valence-electron chi connectivity index (χ0n) is 9.52. The number of fused-ring (bicyclic) bond motifs is 1. The molecule has 0 radical (unpaired) electrons. The SMILES string of the molecule is CC1(C)C(=O)c2cc(Cl)ccc2C1(C)C. The van der Waals surface area contributed by atoms with Crippen molar-refractivity contribution in [3.63, 3.8) is 0 Å². The molecule has 1 aliphatic carbocycles. The largest absolute Gasteiger partial charge is 0.294 e. The molecule has 0 aromatic heterocycles. The summed E-state index contributed by atoms with van der Waals surface area (Å²) < 4.78 is 0. The van der Waals surface area contributed by atoms with Gasteiger partial charge >= 0.3 is 0 Å². The molecular formula is C13H15ClO. The summed E-state index contributed by atoms with van der Waals surface area (Å²) in [4.78, 5) is 12.2. The molecule has 0 unspecified atom stereocenters. The van der Waals surface area contributed by atoms with E-state index < -0.39 is 0 Å². The minimum absolute atomic E-state index is 0.121. The van der Waals surface area contributed by atoms with Crippen molar-refractivity contribution >= 4 is 17.4 Å². The Morgan fingerprint density at radius 3 is 2.27 bits per heavy atom. The first-order valence-corrected chi connectivity index (χ1v) is 5.51. The Labute approximate surface area is 95.4 Å². The van der Waals surface area contributed by atoms with Gasteiger partial charge in [-0.25, -0.2) is 0 Å². The number of carbonyl (C=O) groups excluding carboxylic acids is 1. The maximum absolute atomic E-state index is 12.2. The number of hydrogen-bond donors (Lipinski definition) is 0. The summed E-state index contributed by atoms with van der Waals surface area (Å²) in [6.07, 6.45) is 0. The summed E-state index contributed by atoms with van der Waals surface area (Å²) in [5.41, 5.74) is 1.43. The van der Waals surface area contributed by atoms with Gasteiger partial charge in [0.2, 0.25) is 0 Å². The van der Waals surface area contributed by atoms with Crippen LogP contribution in [0.5, 0.6) is 0 Å². The third-order valence-electron chi connectivity index (χ3n) is 4.03. The zero-order valence-corrected chi connectivity index (χ0v) is 10.3. The van der Waals surface area contributed by atoms with Crippen LogP contribution in [-0.2, 0) is 5.41 Å². The predicted octanol–water partition coefficient (Wildman–Crippen LogP) is 3.84. The van der Waals surface area contributed by atoms with E-state index in [0.717, 1.165) is 11.1 Å². The topological polar surface area (TPSA) is 17.1 Å². The van der Waals surface area contributed by atoms with Crippen molar-refractivity contribution in [2.24, 2.45) is 5.41 Å². The Kier molecular flexibility index (Phi) is 2.03. The van der Waals surface area contributed by atoms with Gasteiger partial charge in [0.1, 0.15) is 0 Å². The normalized spacial score (nSPS) is 21.5. The monoisotopic (exact) mass is 222 g/mol. The van der Waals surface area contributed by atoms with Crippen LogP contribution in [0, 0.1) is 5.41 Å². The van der Waals surface area contributed by atoms with Crippen LogP contribution in [0.2, 0.25) is 5.02 Å². The lowest BCUT2D eigenvalue weighted by Gasteiger charge is -2.33. The summed E-state index contributed by atoms with van der Waals surface area (Å²) in [6.45, 7) is 8.24. The highest BCUT2D eigenvalue weighted by molar-refractivity contribution is 6.31. The molecule has 1 aliphatic rings. The van der Waals surface area contributed by atoms with E-state index in [1.54, 1.807) is 6.07 Å². The van der Waals surface area contributed by atoms with Crippen LogP contribution in [0.4, 0.5) is 0 Å². The quantitative estimate of drug-likeness (QED) is 0.652. The summed E-state index contributed by atoms with van der Waals surface area (Å²) in [7, 11) is 0. The number of hydrogen-bond acceptors (Lipinski definition) is 1. The van der Waals surface area contributed by atoms with Gasteiger partial charge in [-0.1, -0.05) is 45.4 Å². The average Bonchev–Trinajstić information content (AvgIpc) is 2.26. The molecule has 0 spiro atoms. The molecule has 0 saturated heterocycles. The van der Waals surface area contributed by atoms with E-state index >= 15 is 0 Å². The standard InChI is InChI=1S/C13H15ClO/c1-12(2)10-6-5-8(14)7-9(10)11(15)13(12,3)4/h5-7H,1-4H3. The molecule has 1 nitrogen and oxygen atoms in total. The molecule has 0 fully saturated rings. The molecule has 2 heteroatoms. The van der Waals surface area contributed by atoms with Crippen molar-refractivity contribution in [3.05, 3.63) is 34.3 Å². The Balaban J connectivity index is 2.74. The second-order valence-corrected chi connectivity index (χ2v) is 5.71. The average molecular weight is 223 g/mol. The van der Waals surface area contributed by atoms with Crippen molar-refractivity contribution in [3.8, 4) is 0 Å². The fourth-order valence-electron chi connectivity index (χ4n) is 2.21. The first kappa shape index (κ1) is 10.7. The molecule has 0 amide bonds. The van der Waals surface area contributed by atoms with Crippen LogP contribution < -0.4 is 0 Å². The zero-order chi connectivity index (χ0) is 11.4. The van der Waals surface area contributed by atoms with E-state index in [1.807, 2.05) is 26.0 Å². The molecule has 80 valence electrons. The number of ketones is 1. The predicted molar refractivity (Wildman–Crippen MR) is 62.6 cm³/mol. The lowest BCUT2D eigenvalue weighted by Crippen LogP contribution is -2.35. The van der Waals surface area contributed by atoms with Crippen molar-refractivity contribution < 1.29 is 4.79 Å². The molecule has 1 aromatic carbocycles. The summed E-state index contributed by atoms with van der Waals surface area (Å²) in [6, 6.07) is 5.62. The van der Waals surface area contributed by atoms with E-state index in [-0.39, 0.29) is 16.6 Å². The van der Waals surface area contributed by atoms with Crippen molar-refractivity contribution in [2.45, 2.75) is 33.1 Å². The van der Waals surface area contributed by atoms with Crippen molar-refractivity contribution in [1.29, 1.82) is 0 Å². The van der Waals surface area contributed by atoms with Gasteiger partial charge in [-0.3, -0.25) is 4.79 Å². The first-order valence-electron chi connectivity index (χ1n) is 5.13. The van der Waals surface area contributed by atoms with Crippen molar-refractivity contribution in [1.82, 2.24) is 0 Å². The second-order valence-electron chi connectivity index (χ2n) is 5.27. The minimum Gasteiger partial charge on any atom is -0.294 e. The number of Topliss-reactive ketones (excluding diaryl/α,β-unsaturated/α-hetero) is 1. The Bertz CT molecular complexity index is 444. The minimum atomic E-state index is -0.347. The molecule has 2 rings (SSSR count). The van der Waals surface area contributed by atoms with Gasteiger partial charge in [0.15, 0.2) is 5.78 Å². The third kappa shape index (κ3) is 1.19. The summed E-state index contributed by atoms with van der Waals surface area (Å²) in [5, 5.41) is 0.635. The van der Waals surface area contributed by atoms with E-state index in [9.17, 15) is 4.79 Å². The Morgan fingerprint density at radius 2 is 1.67 bits per heavy atom. The molecule has 0 heterocycles. The summed E-state index contributed by atoms with van der Waals surface area (Å²) >= 11 is 5.92. The highest BCUT2D eigenvalue weighted by atomic mass is 35.5. The number of benzene rings is 1. The van der Waals surface area contributed by atoms with Crippen LogP contribution in [0.15, 0.2) is 18.2 Å². The van der Waals surface area contributed by atoms with Gasteiger partial charge in [0.05, 0.1) is 0 Å². The number of carbonyl (C=O) groups is 1. The van der Waals surface area contributed by atoms with E-state index in [4.69, 9.17) is 11.6 Å². The van der Waals surface area contributed by atoms with Gasteiger partial charge in [-0.2, -0.15) is 0 Å². The van der Waals surface area contributed by atoms with E-state index in [0.29, 0.717) is 5.02 Å². The van der Waals surface area contributed by atoms with Crippen LogP contribution in [0.25, 0.3) is 0 Å². The van der Waals surface area contributed by atoms with Gasteiger partial charge < -0.3 is 0 Å². The lowest BCUT2D eigenvalue weighted by molar-refractivity contribution is 0.0779. The van der Waals surface area contributed by atoms with Crippen LogP contribution >= 0.6 is 11.6 Å². The molecule has 0 aliphatic heterocycles. The second kappa shape index (κ2) is 2.85. The highest BCUT2D eigenvalue weighted by Crippen LogP contribution is 2.51. The molecule has 0 saturated carbocycles. The number of halogens is 1. The molecule has 15 heavy (non-hydrogen) atoms. The maximum atomic E-state index is 12.2. The van der Waals surface area contributed by atoms with Crippen LogP contribution in [0.3, 0.4) is 0 Å². The Morgan fingerprint density at radius 1 is 1.07 bits per heavy atom. The first-order chi connectivity index (χ1) is 6.78. The van der Waals surface area contributed by atoms with E-state index in [1.165, 1.54) is 0 Å². The summed E-state index contributed by atoms with van der Waals surface area (Å²) in [5.74, 6) is 0.199. The maximum Gasteiger partial charge on any atom is 0.169 e. The molecule has 0 N–H and O–H groups in total. The van der Waals surface area contributed by atoms with Gasteiger partial charge in [0, 0.05) is 21.4 Å². The van der Waals surface area contributed by atoms with Gasteiger partial charge in [-0.05, 0) is 17.7 Å². The van der Waals surface area contributed by atoms with Crippen molar-refractivity contribution in [2.75, 3.05) is 0 Å². The van der Waals surface area contributed by atoms with Gasteiger partial charge in [0.25, 0.3) is 0 Å². The smallest absolute Gasteiger partial charge is 0.169 e. The van der Waals surface area contributed by atoms with E-state index in [2.05, 4.69) is 13.8 Å². The fourth-order valence-corrected chi connectivity index (χ4v) is 2.38. The highest BCUT2D eigenvalue weighted by Gasteiger charge is 2.51. The van der Waals surface area contributed by atoms with Gasteiger partial charge in [-0.15, -0.1) is 0 Å². The molecule has 1 aromatic rings. The molecular weight excluding hydrogens is 208 g/mol. The Hall–Kier alpha value is -0.820. The lowest BCUT2D eigenvalue weighted by atomic mass is 9.68. The third-order valence-corrected chi connectivity index (χ3v) is 4.26. The number of rotatable bonds is 0. The molecule has 0 bridgehead atoms. The van der Waals surface area contributed by atoms with Crippen LogP contribution in [0.1, 0.15) is 43.6 Å². The van der Waals surface area contributed by atoms with Crippen LogP contribution in [-0.4, -0.2) is 5.78 Å². The molecule has 0 atom stereocenters. The fraction of sp³-hybridized carbons (Fsp3) is 0.462.